The summed E-state index contributed by atoms with van der Waals surface area (Å²) in [5.74, 6) is 0.573. The maximum Gasteiger partial charge on any atom is 0.259 e. The van der Waals surface area contributed by atoms with E-state index in [2.05, 4.69) is 15.4 Å². The highest BCUT2D eigenvalue weighted by Gasteiger charge is 2.25. The van der Waals surface area contributed by atoms with Gasteiger partial charge in [-0.3, -0.25) is 14.3 Å². The lowest BCUT2D eigenvalue weighted by Gasteiger charge is -2.20. The van der Waals surface area contributed by atoms with Crippen LogP contribution in [0.4, 0.5) is 5.69 Å². The van der Waals surface area contributed by atoms with Gasteiger partial charge < -0.3 is 19.9 Å². The molecule has 3 aromatic rings. The second-order valence-electron chi connectivity index (χ2n) is 7.27. The number of benzene rings is 1. The van der Waals surface area contributed by atoms with Gasteiger partial charge in [-0.25, -0.2) is 0 Å². The number of aromatic nitrogens is 3. The molecule has 0 saturated carbocycles. The van der Waals surface area contributed by atoms with Gasteiger partial charge in [-0.1, -0.05) is 0 Å². The molecule has 8 heteroatoms. The molecule has 0 saturated heterocycles. The predicted molar refractivity (Wildman–Crippen MR) is 112 cm³/mol. The van der Waals surface area contributed by atoms with Crippen LogP contribution in [0.15, 0.2) is 48.8 Å². The number of methoxy groups -OCH3 is 1. The van der Waals surface area contributed by atoms with E-state index >= 15 is 0 Å². The Bertz CT molecular complexity index is 1010. The monoisotopic (exact) mass is 407 g/mol. The van der Waals surface area contributed by atoms with Gasteiger partial charge in [-0.15, -0.1) is 0 Å². The van der Waals surface area contributed by atoms with Gasteiger partial charge in [-0.2, -0.15) is 5.10 Å². The van der Waals surface area contributed by atoms with Gasteiger partial charge >= 0.3 is 0 Å². The Morgan fingerprint density at radius 3 is 2.77 bits per heavy atom. The van der Waals surface area contributed by atoms with Crippen LogP contribution in [0.25, 0.3) is 0 Å². The predicted octanol–water partition coefficient (Wildman–Crippen LogP) is 2.84. The number of rotatable bonds is 6. The first kappa shape index (κ1) is 19.8. The fraction of sp³-hybridized carbons (Fsp3) is 0.318. The van der Waals surface area contributed by atoms with Crippen molar-refractivity contribution in [1.29, 1.82) is 0 Å². The number of H-pyrrole nitrogens is 1. The molecule has 2 aromatic heterocycles. The molecule has 0 bridgehead atoms. The molecule has 3 heterocycles. The lowest BCUT2D eigenvalue weighted by Crippen LogP contribution is -2.31. The van der Waals surface area contributed by atoms with E-state index in [9.17, 15) is 9.59 Å². The first-order chi connectivity index (χ1) is 14.6. The highest BCUT2D eigenvalue weighted by molar-refractivity contribution is 6.05. The molecule has 0 unspecified atom stereocenters. The fourth-order valence-corrected chi connectivity index (χ4v) is 3.64. The third-order valence-corrected chi connectivity index (χ3v) is 5.30. The zero-order valence-electron chi connectivity index (χ0n) is 16.9. The van der Waals surface area contributed by atoms with Crippen molar-refractivity contribution in [2.24, 2.45) is 0 Å². The van der Waals surface area contributed by atoms with E-state index < -0.39 is 0 Å². The molecule has 156 valence electrons. The number of nitrogens with one attached hydrogen (secondary N) is 2. The summed E-state index contributed by atoms with van der Waals surface area (Å²) in [5, 5.41) is 7.28. The molecular formula is C22H25N5O3. The van der Waals surface area contributed by atoms with Crippen molar-refractivity contribution in [2.45, 2.75) is 32.4 Å². The molecule has 4 rings (SSSR count). The maximum absolute atomic E-state index is 12.9. The van der Waals surface area contributed by atoms with Gasteiger partial charge in [0.05, 0.1) is 31.1 Å². The van der Waals surface area contributed by atoms with Crippen LogP contribution in [-0.2, 0) is 24.3 Å². The number of anilines is 1. The number of aryl methyl sites for hydroxylation is 2. The summed E-state index contributed by atoms with van der Waals surface area (Å²) in [6.45, 7) is 1.73. The van der Waals surface area contributed by atoms with Gasteiger partial charge in [-0.05, 0) is 49.2 Å². The summed E-state index contributed by atoms with van der Waals surface area (Å²) in [4.78, 5) is 30.6. The zero-order valence-corrected chi connectivity index (χ0v) is 16.9. The minimum absolute atomic E-state index is 0.0840. The first-order valence-electron chi connectivity index (χ1n) is 10.0. The molecule has 8 nitrogen and oxygen atoms in total. The molecule has 2 amide bonds. The number of aromatic amines is 1. The number of amides is 2. The number of carbonyl (C=O) groups excluding carboxylic acids is 2. The Labute approximate surface area is 174 Å². The van der Waals surface area contributed by atoms with Gasteiger partial charge in [0.25, 0.3) is 5.91 Å². The Hall–Kier alpha value is -3.55. The summed E-state index contributed by atoms with van der Waals surface area (Å²) < 4.78 is 6.98. The normalized spacial score (nSPS) is 13.4. The lowest BCUT2D eigenvalue weighted by atomic mass is 10.2. The second kappa shape index (κ2) is 8.86. The van der Waals surface area contributed by atoms with Crippen molar-refractivity contribution in [1.82, 2.24) is 19.7 Å². The Kier molecular flexibility index (Phi) is 5.83. The summed E-state index contributed by atoms with van der Waals surface area (Å²) in [6, 6.07) is 11.1. The molecule has 30 heavy (non-hydrogen) atoms. The Morgan fingerprint density at radius 2 is 2.03 bits per heavy atom. The molecule has 0 atom stereocenters. The SMILES string of the molecule is COc1ccc(NC(=O)c2cnn3c2CN(C(=O)CCc2ccc[nH]2)CCC3)cc1. The number of hydrogen-bond donors (Lipinski definition) is 2. The van der Waals surface area contributed by atoms with E-state index in [1.54, 1.807) is 37.6 Å². The topological polar surface area (TPSA) is 92.2 Å². The summed E-state index contributed by atoms with van der Waals surface area (Å²) in [5.41, 5.74) is 2.98. The molecular weight excluding hydrogens is 382 g/mol. The summed E-state index contributed by atoms with van der Waals surface area (Å²) in [6.07, 6.45) is 5.36. The number of nitrogens with zero attached hydrogens (tertiary/aromatic N) is 3. The van der Waals surface area contributed by atoms with Crippen LogP contribution in [0.1, 0.15) is 34.6 Å². The molecule has 2 N–H and O–H groups in total. The molecule has 1 aliphatic heterocycles. The van der Waals surface area contributed by atoms with Crippen LogP contribution in [-0.4, -0.2) is 45.1 Å². The Morgan fingerprint density at radius 1 is 1.20 bits per heavy atom. The van der Waals surface area contributed by atoms with Gasteiger partial charge in [0.15, 0.2) is 0 Å². The molecule has 0 radical (unpaired) electrons. The van der Waals surface area contributed by atoms with Gasteiger partial charge in [0, 0.05) is 37.1 Å². The van der Waals surface area contributed by atoms with Gasteiger partial charge in [0.1, 0.15) is 5.75 Å². The van der Waals surface area contributed by atoms with E-state index in [-0.39, 0.29) is 11.8 Å². The third-order valence-electron chi connectivity index (χ3n) is 5.30. The van der Waals surface area contributed by atoms with E-state index in [1.807, 2.05) is 27.9 Å². The highest BCUT2D eigenvalue weighted by atomic mass is 16.5. The van der Waals surface area contributed by atoms with Crippen LogP contribution in [0.3, 0.4) is 0 Å². The van der Waals surface area contributed by atoms with Gasteiger partial charge in [0.2, 0.25) is 5.91 Å². The van der Waals surface area contributed by atoms with E-state index in [0.29, 0.717) is 43.7 Å². The average molecular weight is 407 g/mol. The van der Waals surface area contributed by atoms with E-state index in [0.717, 1.165) is 23.6 Å². The summed E-state index contributed by atoms with van der Waals surface area (Å²) >= 11 is 0. The van der Waals surface area contributed by atoms with Crippen LogP contribution >= 0.6 is 0 Å². The van der Waals surface area contributed by atoms with Crippen molar-refractivity contribution in [2.75, 3.05) is 19.0 Å². The smallest absolute Gasteiger partial charge is 0.259 e. The third kappa shape index (κ3) is 4.37. The minimum Gasteiger partial charge on any atom is -0.497 e. The van der Waals surface area contributed by atoms with Crippen LogP contribution in [0.2, 0.25) is 0 Å². The fourth-order valence-electron chi connectivity index (χ4n) is 3.64. The lowest BCUT2D eigenvalue weighted by molar-refractivity contribution is -0.131. The van der Waals surface area contributed by atoms with E-state index in [4.69, 9.17) is 4.74 Å². The number of hydrogen-bond acceptors (Lipinski definition) is 4. The van der Waals surface area contributed by atoms with Crippen molar-refractivity contribution in [3.8, 4) is 5.75 Å². The number of ether oxygens (including phenoxy) is 1. The second-order valence-corrected chi connectivity index (χ2v) is 7.27. The van der Waals surface area contributed by atoms with Crippen LogP contribution in [0, 0.1) is 0 Å². The number of fused-ring (bicyclic) bond motifs is 1. The largest absolute Gasteiger partial charge is 0.497 e. The molecule has 1 aliphatic rings. The highest BCUT2D eigenvalue weighted by Crippen LogP contribution is 2.20. The Balaban J connectivity index is 1.45. The van der Waals surface area contributed by atoms with Crippen molar-refractivity contribution >= 4 is 17.5 Å². The minimum atomic E-state index is -0.234. The standard InChI is InChI=1S/C22H25N5O3/c1-30-18-8-5-17(6-9-18)25-22(29)19-14-24-27-13-3-12-26(15-20(19)27)21(28)10-7-16-4-2-11-23-16/h2,4-6,8-9,11,14,23H,3,7,10,12-13,15H2,1H3,(H,25,29). The van der Waals surface area contributed by atoms with Crippen LogP contribution < -0.4 is 10.1 Å². The maximum atomic E-state index is 12.9. The summed E-state index contributed by atoms with van der Waals surface area (Å²) in [7, 11) is 1.60. The van der Waals surface area contributed by atoms with Crippen molar-refractivity contribution in [3.63, 3.8) is 0 Å². The van der Waals surface area contributed by atoms with Crippen LogP contribution in [0.5, 0.6) is 5.75 Å². The van der Waals surface area contributed by atoms with Crippen molar-refractivity contribution < 1.29 is 14.3 Å². The molecule has 0 fully saturated rings. The number of carbonyl (C=O) groups is 2. The van der Waals surface area contributed by atoms with E-state index in [1.165, 1.54) is 0 Å². The van der Waals surface area contributed by atoms with Crippen molar-refractivity contribution in [3.05, 3.63) is 65.7 Å². The first-order valence-corrected chi connectivity index (χ1v) is 10.0. The zero-order chi connectivity index (χ0) is 20.9. The molecule has 0 spiro atoms. The quantitative estimate of drug-likeness (QED) is 0.657. The average Bonchev–Trinajstić information content (AvgIpc) is 3.37. The molecule has 0 aliphatic carbocycles. The molecule has 1 aromatic carbocycles.